The summed E-state index contributed by atoms with van der Waals surface area (Å²) < 4.78 is 40.2. The quantitative estimate of drug-likeness (QED) is 0.675. The lowest BCUT2D eigenvalue weighted by Gasteiger charge is -2.12. The van der Waals surface area contributed by atoms with Gasteiger partial charge in [0.05, 0.1) is 11.3 Å². The predicted octanol–water partition coefficient (Wildman–Crippen LogP) is 2.75. The number of alkyl halides is 3. The molecular weight excluding hydrogens is 283 g/mol. The van der Waals surface area contributed by atoms with E-state index < -0.39 is 11.7 Å². The summed E-state index contributed by atoms with van der Waals surface area (Å²) in [6, 6.07) is 1.82. The Morgan fingerprint density at radius 2 is 1.95 bits per heavy atom. The summed E-state index contributed by atoms with van der Waals surface area (Å²) in [4.78, 5) is 4.05. The smallest absolute Gasteiger partial charge is 0.308 e. The van der Waals surface area contributed by atoms with Gasteiger partial charge < -0.3 is 5.43 Å². The summed E-state index contributed by atoms with van der Waals surface area (Å²) in [5.74, 6) is 5.22. The highest BCUT2D eigenvalue weighted by atomic mass is 19.4. The Labute approximate surface area is 119 Å². The number of pyridine rings is 1. The fourth-order valence-electron chi connectivity index (χ4n) is 2.27. The van der Waals surface area contributed by atoms with Crippen LogP contribution in [-0.4, -0.2) is 14.8 Å². The third-order valence-electron chi connectivity index (χ3n) is 3.30. The van der Waals surface area contributed by atoms with Crippen LogP contribution in [-0.2, 0) is 12.6 Å². The molecule has 114 valence electrons. The topological polar surface area (TPSA) is 68.8 Å². The van der Waals surface area contributed by atoms with Crippen molar-refractivity contribution in [2.75, 3.05) is 5.43 Å². The maximum atomic E-state index is 12.9. The molecule has 0 saturated heterocycles. The first-order chi connectivity index (χ1) is 9.77. The van der Waals surface area contributed by atoms with E-state index in [-0.39, 0.29) is 11.6 Å². The molecule has 0 amide bonds. The first-order valence-electron chi connectivity index (χ1n) is 6.39. The van der Waals surface area contributed by atoms with Crippen molar-refractivity contribution in [3.05, 3.63) is 34.6 Å². The van der Waals surface area contributed by atoms with Gasteiger partial charge in [-0.05, 0) is 38.0 Å². The van der Waals surface area contributed by atoms with Crippen LogP contribution >= 0.6 is 0 Å². The van der Waals surface area contributed by atoms with Crippen molar-refractivity contribution in [2.45, 2.75) is 33.4 Å². The van der Waals surface area contributed by atoms with Gasteiger partial charge in [0.1, 0.15) is 5.82 Å². The van der Waals surface area contributed by atoms with Crippen molar-refractivity contribution < 1.29 is 13.2 Å². The SMILES string of the molecule is CCc1c(C)nn(-c2cc(C(F)(F)F)cc(NN)n2)c1C. The molecule has 0 spiro atoms. The van der Waals surface area contributed by atoms with Crippen molar-refractivity contribution in [3.8, 4) is 5.82 Å². The minimum absolute atomic E-state index is 0.0644. The van der Waals surface area contributed by atoms with Crippen LogP contribution in [0.3, 0.4) is 0 Å². The molecule has 0 unspecified atom stereocenters. The minimum Gasteiger partial charge on any atom is -0.308 e. The van der Waals surface area contributed by atoms with Crippen LogP contribution in [0.25, 0.3) is 5.82 Å². The Balaban J connectivity index is 2.64. The van der Waals surface area contributed by atoms with Crippen LogP contribution in [0.1, 0.15) is 29.4 Å². The number of nitrogens with two attached hydrogens (primary N) is 1. The van der Waals surface area contributed by atoms with E-state index in [0.29, 0.717) is 0 Å². The van der Waals surface area contributed by atoms with E-state index in [1.165, 1.54) is 4.68 Å². The number of hydrazine groups is 1. The zero-order chi connectivity index (χ0) is 15.8. The van der Waals surface area contributed by atoms with Gasteiger partial charge in [0.15, 0.2) is 5.82 Å². The average molecular weight is 299 g/mol. The van der Waals surface area contributed by atoms with Gasteiger partial charge >= 0.3 is 6.18 Å². The molecule has 0 aliphatic carbocycles. The van der Waals surface area contributed by atoms with Crippen LogP contribution in [0, 0.1) is 13.8 Å². The molecule has 21 heavy (non-hydrogen) atoms. The molecular formula is C13H16F3N5. The summed E-state index contributed by atoms with van der Waals surface area (Å²) in [6.45, 7) is 5.59. The van der Waals surface area contributed by atoms with Crippen LogP contribution in [0.15, 0.2) is 12.1 Å². The summed E-state index contributed by atoms with van der Waals surface area (Å²) in [5.41, 5.74) is 3.86. The second-order valence-corrected chi connectivity index (χ2v) is 4.66. The lowest BCUT2D eigenvalue weighted by Crippen LogP contribution is -2.14. The largest absolute Gasteiger partial charge is 0.416 e. The molecule has 5 nitrogen and oxygen atoms in total. The van der Waals surface area contributed by atoms with Gasteiger partial charge in [-0.15, -0.1) is 0 Å². The van der Waals surface area contributed by atoms with E-state index in [2.05, 4.69) is 15.5 Å². The Morgan fingerprint density at radius 1 is 1.29 bits per heavy atom. The summed E-state index contributed by atoms with van der Waals surface area (Å²) >= 11 is 0. The monoisotopic (exact) mass is 299 g/mol. The van der Waals surface area contributed by atoms with Gasteiger partial charge in [-0.3, -0.25) is 0 Å². The molecule has 0 aliphatic rings. The Morgan fingerprint density at radius 3 is 2.43 bits per heavy atom. The van der Waals surface area contributed by atoms with E-state index in [1.54, 1.807) is 6.92 Å². The fourth-order valence-corrected chi connectivity index (χ4v) is 2.27. The van der Waals surface area contributed by atoms with Crippen molar-refractivity contribution in [1.82, 2.24) is 14.8 Å². The number of aryl methyl sites for hydroxylation is 1. The highest BCUT2D eigenvalue weighted by Gasteiger charge is 2.32. The zero-order valence-electron chi connectivity index (χ0n) is 11.9. The van der Waals surface area contributed by atoms with Gasteiger partial charge in [-0.25, -0.2) is 15.5 Å². The zero-order valence-corrected chi connectivity index (χ0v) is 11.9. The number of hydrogen-bond acceptors (Lipinski definition) is 4. The Kier molecular flexibility index (Phi) is 3.91. The number of aromatic nitrogens is 3. The van der Waals surface area contributed by atoms with E-state index >= 15 is 0 Å². The molecule has 0 aliphatic heterocycles. The maximum absolute atomic E-state index is 12.9. The molecule has 2 rings (SSSR count). The molecule has 0 aromatic carbocycles. The summed E-state index contributed by atoms with van der Waals surface area (Å²) in [6.07, 6.45) is -3.73. The third kappa shape index (κ3) is 2.85. The lowest BCUT2D eigenvalue weighted by atomic mass is 10.1. The molecule has 0 saturated carbocycles. The van der Waals surface area contributed by atoms with Crippen molar-refractivity contribution >= 4 is 5.82 Å². The lowest BCUT2D eigenvalue weighted by molar-refractivity contribution is -0.137. The molecule has 2 aromatic rings. The van der Waals surface area contributed by atoms with Gasteiger partial charge in [0, 0.05) is 5.69 Å². The number of nitrogens with zero attached hydrogens (tertiary/aromatic N) is 3. The molecule has 8 heteroatoms. The van der Waals surface area contributed by atoms with E-state index in [1.807, 2.05) is 13.8 Å². The first kappa shape index (κ1) is 15.3. The normalized spacial score (nSPS) is 11.8. The second-order valence-electron chi connectivity index (χ2n) is 4.66. The molecule has 2 heterocycles. The highest BCUT2D eigenvalue weighted by Crippen LogP contribution is 2.32. The van der Waals surface area contributed by atoms with Gasteiger partial charge in [0.25, 0.3) is 0 Å². The first-order valence-corrected chi connectivity index (χ1v) is 6.39. The number of rotatable bonds is 3. The van der Waals surface area contributed by atoms with Gasteiger partial charge in [-0.2, -0.15) is 18.3 Å². The van der Waals surface area contributed by atoms with E-state index in [0.717, 1.165) is 35.5 Å². The number of nitrogen functional groups attached to an aromatic ring is 1. The predicted molar refractivity (Wildman–Crippen MR) is 73.0 cm³/mol. The summed E-state index contributed by atoms with van der Waals surface area (Å²) in [7, 11) is 0. The molecule has 0 radical (unpaired) electrons. The second kappa shape index (κ2) is 5.36. The standard InChI is InChI=1S/C13H16F3N5/c1-4-10-7(2)20-21(8(10)3)12-6-9(13(14,15)16)5-11(18-12)19-17/h5-6H,4,17H2,1-3H3,(H,18,19). The van der Waals surface area contributed by atoms with Crippen LogP contribution in [0.4, 0.5) is 19.0 Å². The van der Waals surface area contributed by atoms with E-state index in [9.17, 15) is 13.2 Å². The van der Waals surface area contributed by atoms with Crippen LogP contribution in [0.2, 0.25) is 0 Å². The maximum Gasteiger partial charge on any atom is 0.416 e. The van der Waals surface area contributed by atoms with Crippen molar-refractivity contribution in [3.63, 3.8) is 0 Å². The number of nitrogens with one attached hydrogen (secondary N) is 1. The molecule has 0 fully saturated rings. The molecule has 2 aromatic heterocycles. The van der Waals surface area contributed by atoms with Crippen molar-refractivity contribution in [2.24, 2.45) is 5.84 Å². The van der Waals surface area contributed by atoms with Gasteiger partial charge in [0.2, 0.25) is 0 Å². The Bertz CT molecular complexity index is 661. The van der Waals surface area contributed by atoms with Crippen molar-refractivity contribution in [1.29, 1.82) is 0 Å². The minimum atomic E-state index is -4.48. The van der Waals surface area contributed by atoms with Crippen LogP contribution in [0.5, 0.6) is 0 Å². The molecule has 0 atom stereocenters. The number of anilines is 1. The molecule has 3 N–H and O–H groups in total. The van der Waals surface area contributed by atoms with Crippen LogP contribution < -0.4 is 11.3 Å². The fraction of sp³-hybridized carbons (Fsp3) is 0.385. The van der Waals surface area contributed by atoms with Gasteiger partial charge in [-0.1, -0.05) is 6.92 Å². The Hall–Kier alpha value is -2.09. The number of hydrogen-bond donors (Lipinski definition) is 2. The molecule has 0 bridgehead atoms. The third-order valence-corrected chi connectivity index (χ3v) is 3.30. The average Bonchev–Trinajstić information content (AvgIpc) is 2.72. The highest BCUT2D eigenvalue weighted by molar-refractivity contribution is 5.45. The summed E-state index contributed by atoms with van der Waals surface area (Å²) in [5, 5.41) is 4.27. The number of halogens is 3. The van der Waals surface area contributed by atoms with E-state index in [4.69, 9.17) is 5.84 Å².